The van der Waals surface area contributed by atoms with Crippen molar-refractivity contribution in [3.8, 4) is 0 Å². The Bertz CT molecular complexity index is 707. The Morgan fingerprint density at radius 1 is 1.04 bits per heavy atom. The number of rotatable bonds is 3. The standard InChI is InChI=1S/C17H20N4O2/c1-12-4-3-5-15(13(12)2)20-6-8-21(9-7-20)16-11-18-14(10-19-16)17(22)23/h3-5,10-11H,6-9H2,1-2H3,(H,22,23). The molecule has 0 bridgehead atoms. The topological polar surface area (TPSA) is 69.6 Å². The highest BCUT2D eigenvalue weighted by atomic mass is 16.4. The van der Waals surface area contributed by atoms with Crippen LogP contribution >= 0.6 is 0 Å². The number of carboxylic acids is 1. The van der Waals surface area contributed by atoms with Crippen molar-refractivity contribution in [2.24, 2.45) is 0 Å². The summed E-state index contributed by atoms with van der Waals surface area (Å²) >= 11 is 0. The highest BCUT2D eigenvalue weighted by molar-refractivity contribution is 5.84. The summed E-state index contributed by atoms with van der Waals surface area (Å²) in [5, 5.41) is 8.87. The second-order valence-corrected chi connectivity index (χ2v) is 5.76. The van der Waals surface area contributed by atoms with Crippen LogP contribution in [0.2, 0.25) is 0 Å². The van der Waals surface area contributed by atoms with Crippen molar-refractivity contribution in [3.05, 3.63) is 47.4 Å². The van der Waals surface area contributed by atoms with Crippen LogP contribution in [0.1, 0.15) is 21.6 Å². The molecule has 0 spiro atoms. The fraction of sp³-hybridized carbons (Fsp3) is 0.353. The normalized spacial score (nSPS) is 14.9. The Morgan fingerprint density at radius 2 is 1.74 bits per heavy atom. The zero-order valence-electron chi connectivity index (χ0n) is 13.4. The highest BCUT2D eigenvalue weighted by Gasteiger charge is 2.20. The molecule has 120 valence electrons. The fourth-order valence-electron chi connectivity index (χ4n) is 2.85. The molecule has 3 rings (SSSR count). The van der Waals surface area contributed by atoms with E-state index in [9.17, 15) is 4.79 Å². The number of carbonyl (C=O) groups is 1. The summed E-state index contributed by atoms with van der Waals surface area (Å²) in [5.74, 6) is -0.320. The molecule has 1 aromatic carbocycles. The maximum absolute atomic E-state index is 10.8. The molecule has 1 aliphatic rings. The largest absolute Gasteiger partial charge is 0.476 e. The summed E-state index contributed by atoms with van der Waals surface area (Å²) in [5.41, 5.74) is 3.89. The molecular formula is C17H20N4O2. The third-order valence-corrected chi connectivity index (χ3v) is 4.38. The highest BCUT2D eigenvalue weighted by Crippen LogP contribution is 2.24. The number of benzene rings is 1. The van der Waals surface area contributed by atoms with Crippen LogP contribution in [0.25, 0.3) is 0 Å². The van der Waals surface area contributed by atoms with Crippen LogP contribution in [-0.4, -0.2) is 47.2 Å². The van der Waals surface area contributed by atoms with Crippen molar-refractivity contribution in [2.75, 3.05) is 36.0 Å². The van der Waals surface area contributed by atoms with Crippen molar-refractivity contribution in [1.29, 1.82) is 0 Å². The van der Waals surface area contributed by atoms with Gasteiger partial charge in [-0.25, -0.2) is 14.8 Å². The predicted molar refractivity (Wildman–Crippen MR) is 89.3 cm³/mol. The molecule has 1 fully saturated rings. The van der Waals surface area contributed by atoms with Gasteiger partial charge in [0.15, 0.2) is 5.69 Å². The Balaban J connectivity index is 1.68. The average molecular weight is 312 g/mol. The van der Waals surface area contributed by atoms with E-state index in [0.29, 0.717) is 0 Å². The maximum Gasteiger partial charge on any atom is 0.356 e. The minimum Gasteiger partial charge on any atom is -0.476 e. The molecule has 1 aliphatic heterocycles. The van der Waals surface area contributed by atoms with Crippen molar-refractivity contribution in [2.45, 2.75) is 13.8 Å². The van der Waals surface area contributed by atoms with Gasteiger partial charge in [0.25, 0.3) is 0 Å². The third kappa shape index (κ3) is 3.11. The van der Waals surface area contributed by atoms with E-state index in [1.54, 1.807) is 0 Å². The molecule has 0 amide bonds. The van der Waals surface area contributed by atoms with E-state index in [1.807, 2.05) is 0 Å². The summed E-state index contributed by atoms with van der Waals surface area (Å²) in [7, 11) is 0. The van der Waals surface area contributed by atoms with Gasteiger partial charge in [-0.05, 0) is 31.0 Å². The van der Waals surface area contributed by atoms with Crippen molar-refractivity contribution in [3.63, 3.8) is 0 Å². The minimum atomic E-state index is -1.05. The van der Waals surface area contributed by atoms with Crippen molar-refractivity contribution >= 4 is 17.5 Å². The van der Waals surface area contributed by atoms with Crippen LogP contribution in [0.3, 0.4) is 0 Å². The second-order valence-electron chi connectivity index (χ2n) is 5.76. The lowest BCUT2D eigenvalue weighted by Gasteiger charge is -2.37. The first-order valence-corrected chi connectivity index (χ1v) is 7.67. The predicted octanol–water partition coefficient (Wildman–Crippen LogP) is 2.12. The van der Waals surface area contributed by atoms with E-state index in [4.69, 9.17) is 5.11 Å². The number of aromatic nitrogens is 2. The van der Waals surface area contributed by atoms with Crippen LogP contribution < -0.4 is 9.80 Å². The van der Waals surface area contributed by atoms with Gasteiger partial charge in [0, 0.05) is 31.9 Å². The van der Waals surface area contributed by atoms with Gasteiger partial charge in [0.2, 0.25) is 0 Å². The maximum atomic E-state index is 10.8. The zero-order chi connectivity index (χ0) is 16.4. The quantitative estimate of drug-likeness (QED) is 0.936. The number of piperazine rings is 1. The molecule has 2 aromatic rings. The zero-order valence-corrected chi connectivity index (χ0v) is 13.4. The molecular weight excluding hydrogens is 292 g/mol. The van der Waals surface area contributed by atoms with Crippen LogP contribution in [0.4, 0.5) is 11.5 Å². The van der Waals surface area contributed by atoms with Gasteiger partial charge in [0.1, 0.15) is 5.82 Å². The number of anilines is 2. The minimum absolute atomic E-state index is 0.0252. The lowest BCUT2D eigenvalue weighted by molar-refractivity contribution is 0.0690. The van der Waals surface area contributed by atoms with Gasteiger partial charge in [0.05, 0.1) is 12.4 Å². The van der Waals surface area contributed by atoms with Gasteiger partial charge in [-0.3, -0.25) is 0 Å². The Kier molecular flexibility index (Phi) is 4.14. The van der Waals surface area contributed by atoms with Crippen LogP contribution in [0.5, 0.6) is 0 Å². The summed E-state index contributed by atoms with van der Waals surface area (Å²) < 4.78 is 0. The van der Waals surface area contributed by atoms with E-state index < -0.39 is 5.97 Å². The smallest absolute Gasteiger partial charge is 0.356 e. The van der Waals surface area contributed by atoms with Crippen molar-refractivity contribution < 1.29 is 9.90 Å². The van der Waals surface area contributed by atoms with E-state index in [-0.39, 0.29) is 5.69 Å². The van der Waals surface area contributed by atoms with Crippen LogP contribution in [0, 0.1) is 13.8 Å². The molecule has 0 unspecified atom stereocenters. The number of hydrogen-bond acceptors (Lipinski definition) is 5. The van der Waals surface area contributed by atoms with E-state index in [2.05, 4.69) is 51.8 Å². The SMILES string of the molecule is Cc1cccc(N2CCN(c3cnc(C(=O)O)cn3)CC2)c1C. The molecule has 6 nitrogen and oxygen atoms in total. The first-order valence-electron chi connectivity index (χ1n) is 7.67. The van der Waals surface area contributed by atoms with E-state index in [0.717, 1.165) is 32.0 Å². The molecule has 0 aliphatic carbocycles. The van der Waals surface area contributed by atoms with Crippen molar-refractivity contribution in [1.82, 2.24) is 9.97 Å². The van der Waals surface area contributed by atoms with Gasteiger partial charge in [-0.2, -0.15) is 0 Å². The number of aromatic carboxylic acids is 1. The van der Waals surface area contributed by atoms with Gasteiger partial charge in [-0.1, -0.05) is 12.1 Å². The van der Waals surface area contributed by atoms with Gasteiger partial charge < -0.3 is 14.9 Å². The Labute approximate surface area is 135 Å². The number of hydrogen-bond donors (Lipinski definition) is 1. The monoisotopic (exact) mass is 312 g/mol. The summed E-state index contributed by atoms with van der Waals surface area (Å²) in [6.45, 7) is 7.80. The van der Waals surface area contributed by atoms with E-state index >= 15 is 0 Å². The first kappa shape index (κ1) is 15.3. The van der Waals surface area contributed by atoms with Crippen LogP contribution in [-0.2, 0) is 0 Å². The van der Waals surface area contributed by atoms with Crippen LogP contribution in [0.15, 0.2) is 30.6 Å². The molecule has 0 atom stereocenters. The second kappa shape index (κ2) is 6.24. The Hall–Kier alpha value is -2.63. The number of nitrogens with zero attached hydrogens (tertiary/aromatic N) is 4. The molecule has 23 heavy (non-hydrogen) atoms. The fourth-order valence-corrected chi connectivity index (χ4v) is 2.85. The molecule has 2 heterocycles. The molecule has 1 N–H and O–H groups in total. The third-order valence-electron chi connectivity index (χ3n) is 4.38. The number of carboxylic acid groups (broad SMARTS) is 1. The summed E-state index contributed by atoms with van der Waals surface area (Å²) in [4.78, 5) is 23.5. The molecule has 0 radical (unpaired) electrons. The Morgan fingerprint density at radius 3 is 2.35 bits per heavy atom. The molecule has 1 saturated heterocycles. The van der Waals surface area contributed by atoms with Gasteiger partial charge in [-0.15, -0.1) is 0 Å². The number of aryl methyl sites for hydroxylation is 1. The molecule has 1 aromatic heterocycles. The average Bonchev–Trinajstić information content (AvgIpc) is 2.58. The lowest BCUT2D eigenvalue weighted by atomic mass is 10.1. The van der Waals surface area contributed by atoms with Gasteiger partial charge >= 0.3 is 5.97 Å². The summed E-state index contributed by atoms with van der Waals surface area (Å²) in [6, 6.07) is 6.40. The first-order chi connectivity index (χ1) is 11.1. The summed E-state index contributed by atoms with van der Waals surface area (Å²) in [6.07, 6.45) is 2.85. The molecule has 0 saturated carbocycles. The molecule has 6 heteroatoms. The lowest BCUT2D eigenvalue weighted by Crippen LogP contribution is -2.47. The van der Waals surface area contributed by atoms with E-state index in [1.165, 1.54) is 29.2 Å².